The molecule has 4 rings (SSSR count). The van der Waals surface area contributed by atoms with Gasteiger partial charge in [-0.2, -0.15) is 0 Å². The summed E-state index contributed by atoms with van der Waals surface area (Å²) in [5, 5.41) is 7.42. The summed E-state index contributed by atoms with van der Waals surface area (Å²) in [5.41, 5.74) is 2.74. The van der Waals surface area contributed by atoms with Gasteiger partial charge in [0.25, 0.3) is 5.97 Å². The smallest absolute Gasteiger partial charge is 0.300 e. The second-order valence-corrected chi connectivity index (χ2v) is 8.41. The molecule has 40 heavy (non-hydrogen) atoms. The van der Waals surface area contributed by atoms with Crippen LogP contribution in [0.2, 0.25) is 0 Å². The second kappa shape index (κ2) is 21.1. The maximum Gasteiger partial charge on any atom is 0.300 e. The summed E-state index contributed by atoms with van der Waals surface area (Å²) in [6.07, 6.45) is 6.86. The standard InChI is InChI=1S/C13H9BrFNO.C13H10FNO.C2H4O2.Br2.BrH/c14-12(9-5-7-16-8-6-9)13(17)10-1-3-11(15)4-2-10;14-12-3-1-11(2-4-12)13(16)9-10-5-7-15-8-6-10;1-2(3)4;1-2;/h1-8,12H;1-8H,9H2;1H3,(H,3,4);;1H. The number of carboxylic acid groups (broad SMARTS) is 1. The van der Waals surface area contributed by atoms with Crippen molar-refractivity contribution in [1.29, 1.82) is 0 Å². The zero-order valence-corrected chi connectivity index (χ0v) is 27.4. The fourth-order valence-corrected chi connectivity index (χ4v) is 3.44. The molecule has 212 valence electrons. The lowest BCUT2D eigenvalue weighted by molar-refractivity contribution is -0.134. The maximum atomic E-state index is 12.7. The minimum Gasteiger partial charge on any atom is -0.481 e. The van der Waals surface area contributed by atoms with E-state index in [1.54, 1.807) is 49.1 Å². The molecule has 0 amide bonds. The van der Waals surface area contributed by atoms with E-state index < -0.39 is 10.8 Å². The first-order chi connectivity index (χ1) is 18.7. The highest BCUT2D eigenvalue weighted by atomic mass is 80.9. The Balaban J connectivity index is 0.000000624. The predicted molar refractivity (Wildman–Crippen MR) is 167 cm³/mol. The Kier molecular flexibility index (Phi) is 19.7. The molecule has 0 saturated heterocycles. The molecule has 2 heterocycles. The molecular formula is C28H24Br4F2N2O4. The van der Waals surface area contributed by atoms with E-state index in [1.165, 1.54) is 48.5 Å². The van der Waals surface area contributed by atoms with E-state index in [-0.39, 0.29) is 40.2 Å². The van der Waals surface area contributed by atoms with Crippen molar-refractivity contribution in [3.05, 3.63) is 131 Å². The van der Waals surface area contributed by atoms with Crippen molar-refractivity contribution >= 4 is 78.7 Å². The lowest BCUT2D eigenvalue weighted by Crippen LogP contribution is -2.07. The number of pyridine rings is 2. The van der Waals surface area contributed by atoms with Crippen LogP contribution < -0.4 is 0 Å². The lowest BCUT2D eigenvalue weighted by Gasteiger charge is -2.08. The molecule has 6 nitrogen and oxygen atoms in total. The summed E-state index contributed by atoms with van der Waals surface area (Å²) in [6.45, 7) is 1.08. The van der Waals surface area contributed by atoms with E-state index in [2.05, 4.69) is 54.2 Å². The van der Waals surface area contributed by atoms with Crippen LogP contribution >= 0.6 is 61.2 Å². The van der Waals surface area contributed by atoms with E-state index >= 15 is 0 Å². The van der Waals surface area contributed by atoms with Crippen LogP contribution in [0.15, 0.2) is 97.6 Å². The second-order valence-electron chi connectivity index (χ2n) is 7.50. The van der Waals surface area contributed by atoms with Gasteiger partial charge in [-0.3, -0.25) is 24.4 Å². The SMILES string of the molecule is Br.BrBr.CC(=O)O.O=C(Cc1ccncc1)c1ccc(F)cc1.O=C(c1ccc(F)cc1)C(Br)c1ccncc1. The van der Waals surface area contributed by atoms with Gasteiger partial charge in [0.05, 0.1) is 0 Å². The Hall–Kier alpha value is -2.67. The normalized spacial score (nSPS) is 9.95. The third kappa shape index (κ3) is 14.6. The summed E-state index contributed by atoms with van der Waals surface area (Å²) in [4.78, 5) is 40.2. The van der Waals surface area contributed by atoms with Crippen molar-refractivity contribution in [3.63, 3.8) is 0 Å². The first-order valence-electron chi connectivity index (χ1n) is 11.0. The topological polar surface area (TPSA) is 97.2 Å². The number of carbonyl (C=O) groups excluding carboxylic acids is 2. The fourth-order valence-electron chi connectivity index (χ4n) is 2.87. The summed E-state index contributed by atoms with van der Waals surface area (Å²) >= 11 is 8.84. The minimum absolute atomic E-state index is 0. The van der Waals surface area contributed by atoms with Crippen molar-refractivity contribution in [2.24, 2.45) is 0 Å². The van der Waals surface area contributed by atoms with Crippen LogP contribution in [0.5, 0.6) is 0 Å². The monoisotopic (exact) mass is 806 g/mol. The molecule has 1 N–H and O–H groups in total. The van der Waals surface area contributed by atoms with Crippen LogP contribution in [0.25, 0.3) is 0 Å². The van der Waals surface area contributed by atoms with Gasteiger partial charge in [-0.25, -0.2) is 8.78 Å². The Labute approximate surface area is 265 Å². The van der Waals surface area contributed by atoms with Crippen LogP contribution in [-0.2, 0) is 11.2 Å². The number of aliphatic carboxylic acids is 1. The number of rotatable bonds is 6. The largest absolute Gasteiger partial charge is 0.481 e. The number of alkyl halides is 1. The molecule has 2 aromatic carbocycles. The molecule has 1 atom stereocenters. The van der Waals surface area contributed by atoms with Crippen molar-refractivity contribution in [2.75, 3.05) is 0 Å². The fraction of sp³-hybridized carbons (Fsp3) is 0.107. The lowest BCUT2D eigenvalue weighted by atomic mass is 10.0. The summed E-state index contributed by atoms with van der Waals surface area (Å²) < 4.78 is 25.4. The average Bonchev–Trinajstić information content (AvgIpc) is 2.95. The summed E-state index contributed by atoms with van der Waals surface area (Å²) in [6, 6.07) is 18.2. The summed E-state index contributed by atoms with van der Waals surface area (Å²) in [5.74, 6) is -1.64. The van der Waals surface area contributed by atoms with E-state index in [9.17, 15) is 18.4 Å². The van der Waals surface area contributed by atoms with Crippen molar-refractivity contribution in [2.45, 2.75) is 18.2 Å². The number of hydrogen-bond acceptors (Lipinski definition) is 5. The highest BCUT2D eigenvalue weighted by Crippen LogP contribution is 2.26. The van der Waals surface area contributed by atoms with Gasteiger partial charge < -0.3 is 5.11 Å². The van der Waals surface area contributed by atoms with Gasteiger partial charge in [-0.1, -0.05) is 15.9 Å². The third-order valence-corrected chi connectivity index (χ3v) is 5.58. The molecule has 0 aliphatic rings. The summed E-state index contributed by atoms with van der Waals surface area (Å²) in [7, 11) is 0. The van der Waals surface area contributed by atoms with Crippen LogP contribution in [0.3, 0.4) is 0 Å². The molecular weight excluding hydrogens is 786 g/mol. The van der Waals surface area contributed by atoms with Crippen LogP contribution in [-0.4, -0.2) is 32.6 Å². The molecule has 4 aromatic rings. The highest BCUT2D eigenvalue weighted by molar-refractivity contribution is 9.93. The quantitative estimate of drug-likeness (QED) is 0.155. The van der Waals surface area contributed by atoms with Crippen LogP contribution in [0.4, 0.5) is 8.78 Å². The van der Waals surface area contributed by atoms with Gasteiger partial charge >= 0.3 is 0 Å². The van der Waals surface area contributed by atoms with Gasteiger partial charge in [0.1, 0.15) is 16.5 Å². The minimum atomic E-state index is -0.833. The molecule has 2 aromatic heterocycles. The predicted octanol–water partition coefficient (Wildman–Crippen LogP) is 8.55. The molecule has 0 aliphatic carbocycles. The van der Waals surface area contributed by atoms with Gasteiger partial charge in [0.15, 0.2) is 11.6 Å². The maximum absolute atomic E-state index is 12.7. The Morgan fingerprint density at radius 1 is 0.750 bits per heavy atom. The molecule has 0 spiro atoms. The van der Waals surface area contributed by atoms with E-state index in [1.807, 2.05) is 0 Å². The molecule has 0 radical (unpaired) electrons. The molecule has 0 fully saturated rings. The van der Waals surface area contributed by atoms with E-state index in [0.29, 0.717) is 17.5 Å². The van der Waals surface area contributed by atoms with Crippen molar-refractivity contribution < 1.29 is 28.3 Å². The third-order valence-electron chi connectivity index (χ3n) is 4.64. The first kappa shape index (κ1) is 37.3. The number of nitrogens with zero attached hydrogens (tertiary/aromatic N) is 2. The van der Waals surface area contributed by atoms with Crippen LogP contribution in [0, 0.1) is 11.6 Å². The van der Waals surface area contributed by atoms with Crippen LogP contribution in [0.1, 0.15) is 43.6 Å². The highest BCUT2D eigenvalue weighted by Gasteiger charge is 2.18. The van der Waals surface area contributed by atoms with E-state index in [4.69, 9.17) is 9.90 Å². The zero-order valence-electron chi connectivity index (χ0n) is 20.9. The van der Waals surface area contributed by atoms with E-state index in [0.717, 1.165) is 18.1 Å². The number of carbonyl (C=O) groups is 3. The van der Waals surface area contributed by atoms with Gasteiger partial charge in [0.2, 0.25) is 0 Å². The molecule has 0 aliphatic heterocycles. The number of ketones is 2. The van der Waals surface area contributed by atoms with Gasteiger partial charge in [0, 0.05) is 77.5 Å². The zero-order chi connectivity index (χ0) is 29.2. The van der Waals surface area contributed by atoms with Gasteiger partial charge in [-0.15, -0.1) is 17.0 Å². The molecule has 1 unspecified atom stereocenters. The van der Waals surface area contributed by atoms with Crippen molar-refractivity contribution in [3.8, 4) is 0 Å². The number of benzene rings is 2. The molecule has 12 heteroatoms. The first-order valence-corrected chi connectivity index (χ1v) is 15.7. The van der Waals surface area contributed by atoms with Crippen molar-refractivity contribution in [1.82, 2.24) is 9.97 Å². The molecule has 0 saturated carbocycles. The Morgan fingerprint density at radius 2 is 1.12 bits per heavy atom. The Bertz CT molecular complexity index is 1300. The average molecular weight is 810 g/mol. The number of aromatic nitrogens is 2. The van der Waals surface area contributed by atoms with Gasteiger partial charge in [-0.05, 0) is 83.9 Å². The number of carboxylic acids is 1. The number of hydrogen-bond donors (Lipinski definition) is 1. The molecule has 0 bridgehead atoms. The Morgan fingerprint density at radius 3 is 1.55 bits per heavy atom. The number of Topliss-reactive ketones (excluding diaryl/α,β-unsaturated/α-hetero) is 2. The number of halogens is 6.